The number of rotatable bonds is 8. The molecular weight excluding hydrogens is 300 g/mol. The lowest BCUT2D eigenvalue weighted by molar-refractivity contribution is 0.0569. The monoisotopic (exact) mass is 322 g/mol. The predicted octanol–water partition coefficient (Wildman–Crippen LogP) is 3.31. The smallest absolute Gasteiger partial charge is 0.276 e. The average Bonchev–Trinajstić information content (AvgIpc) is 3.01. The average molecular weight is 322 g/mol. The molecular formula is C16H22N2O3S. The molecule has 0 aliphatic heterocycles. The fraction of sp³-hybridized carbons (Fsp3) is 0.500. The van der Waals surface area contributed by atoms with E-state index in [0.29, 0.717) is 36.1 Å². The first-order chi connectivity index (χ1) is 10.6. The third kappa shape index (κ3) is 4.48. The molecule has 1 aromatic heterocycles. The van der Waals surface area contributed by atoms with Crippen LogP contribution in [0.3, 0.4) is 0 Å². The zero-order chi connectivity index (χ0) is 16.0. The van der Waals surface area contributed by atoms with Crippen molar-refractivity contribution >= 4 is 11.8 Å². The topological polar surface area (TPSA) is 68.4 Å². The first kappa shape index (κ1) is 16.8. The Balaban J connectivity index is 1.93. The Bertz CT molecular complexity index is 579. The molecule has 120 valence electrons. The van der Waals surface area contributed by atoms with E-state index in [4.69, 9.17) is 9.15 Å². The van der Waals surface area contributed by atoms with Crippen LogP contribution in [0.2, 0.25) is 0 Å². The fourth-order valence-corrected chi connectivity index (χ4v) is 2.99. The molecule has 0 unspecified atom stereocenters. The van der Waals surface area contributed by atoms with Crippen molar-refractivity contribution in [2.75, 3.05) is 12.9 Å². The maximum absolute atomic E-state index is 10.3. The van der Waals surface area contributed by atoms with Crippen molar-refractivity contribution in [2.45, 2.75) is 43.9 Å². The second kappa shape index (κ2) is 7.65. The van der Waals surface area contributed by atoms with Crippen LogP contribution < -0.4 is 4.74 Å². The first-order valence-electron chi connectivity index (χ1n) is 7.39. The normalized spacial score (nSPS) is 11.6. The highest BCUT2D eigenvalue weighted by atomic mass is 32.2. The Hall–Kier alpha value is -1.53. The molecule has 1 aromatic carbocycles. The van der Waals surface area contributed by atoms with Crippen LogP contribution in [-0.4, -0.2) is 33.8 Å². The van der Waals surface area contributed by atoms with Gasteiger partial charge in [0.15, 0.2) is 0 Å². The SMILES string of the molecule is CCC(O)(CC)CSc1nnc(Cc2ccc(OC)cc2)o1. The molecule has 0 fully saturated rings. The van der Waals surface area contributed by atoms with E-state index < -0.39 is 5.60 Å². The summed E-state index contributed by atoms with van der Waals surface area (Å²) in [5, 5.41) is 18.8. The van der Waals surface area contributed by atoms with Gasteiger partial charge in [-0.25, -0.2) is 0 Å². The van der Waals surface area contributed by atoms with Crippen molar-refractivity contribution in [2.24, 2.45) is 0 Å². The lowest BCUT2D eigenvalue weighted by atomic mass is 10.0. The fourth-order valence-electron chi connectivity index (χ4n) is 1.94. The second-order valence-corrected chi connectivity index (χ2v) is 6.13. The summed E-state index contributed by atoms with van der Waals surface area (Å²) in [5.41, 5.74) is 0.412. The van der Waals surface area contributed by atoms with E-state index in [0.717, 1.165) is 11.3 Å². The molecule has 1 N–H and O–H groups in total. The molecule has 0 atom stereocenters. The van der Waals surface area contributed by atoms with Crippen LogP contribution in [0.1, 0.15) is 38.1 Å². The van der Waals surface area contributed by atoms with Gasteiger partial charge in [0.1, 0.15) is 5.75 Å². The van der Waals surface area contributed by atoms with Gasteiger partial charge in [0.2, 0.25) is 5.89 Å². The van der Waals surface area contributed by atoms with E-state index in [1.54, 1.807) is 7.11 Å². The largest absolute Gasteiger partial charge is 0.497 e. The Morgan fingerprint density at radius 3 is 2.45 bits per heavy atom. The number of benzene rings is 1. The highest BCUT2D eigenvalue weighted by Gasteiger charge is 2.23. The van der Waals surface area contributed by atoms with Gasteiger partial charge in [0.25, 0.3) is 5.22 Å². The molecule has 0 saturated heterocycles. The number of aliphatic hydroxyl groups is 1. The zero-order valence-electron chi connectivity index (χ0n) is 13.2. The van der Waals surface area contributed by atoms with Gasteiger partial charge in [-0.15, -0.1) is 10.2 Å². The van der Waals surface area contributed by atoms with Gasteiger partial charge in [-0.05, 0) is 30.5 Å². The van der Waals surface area contributed by atoms with Crippen LogP contribution in [0.25, 0.3) is 0 Å². The number of ether oxygens (including phenoxy) is 1. The summed E-state index contributed by atoms with van der Waals surface area (Å²) in [6.45, 7) is 3.96. The standard InChI is InChI=1S/C16H22N2O3S/c1-4-16(19,5-2)11-22-15-18-17-14(21-15)10-12-6-8-13(20-3)9-7-12/h6-9,19H,4-5,10-11H2,1-3H3. The van der Waals surface area contributed by atoms with Gasteiger partial charge < -0.3 is 14.3 Å². The minimum atomic E-state index is -0.671. The van der Waals surface area contributed by atoms with Gasteiger partial charge in [-0.2, -0.15) is 0 Å². The third-order valence-corrected chi connectivity index (χ3v) is 4.84. The van der Waals surface area contributed by atoms with E-state index in [1.807, 2.05) is 38.1 Å². The van der Waals surface area contributed by atoms with Crippen LogP contribution in [0.15, 0.2) is 33.9 Å². The highest BCUT2D eigenvalue weighted by Crippen LogP contribution is 2.26. The summed E-state index contributed by atoms with van der Waals surface area (Å²) in [7, 11) is 1.64. The van der Waals surface area contributed by atoms with E-state index in [-0.39, 0.29) is 0 Å². The molecule has 0 amide bonds. The van der Waals surface area contributed by atoms with Gasteiger partial charge in [0.05, 0.1) is 19.1 Å². The molecule has 5 nitrogen and oxygen atoms in total. The van der Waals surface area contributed by atoms with Crippen LogP contribution in [0, 0.1) is 0 Å². The van der Waals surface area contributed by atoms with Crippen molar-refractivity contribution in [1.29, 1.82) is 0 Å². The van der Waals surface area contributed by atoms with Gasteiger partial charge >= 0.3 is 0 Å². The van der Waals surface area contributed by atoms with Crippen LogP contribution in [0.5, 0.6) is 5.75 Å². The van der Waals surface area contributed by atoms with E-state index >= 15 is 0 Å². The van der Waals surface area contributed by atoms with Crippen LogP contribution in [-0.2, 0) is 6.42 Å². The first-order valence-corrected chi connectivity index (χ1v) is 8.37. The molecule has 0 aliphatic carbocycles. The maximum atomic E-state index is 10.3. The number of hydrogen-bond acceptors (Lipinski definition) is 6. The number of aromatic nitrogens is 2. The van der Waals surface area contributed by atoms with Gasteiger partial charge in [0, 0.05) is 5.75 Å². The molecule has 0 bridgehead atoms. The second-order valence-electron chi connectivity index (χ2n) is 5.21. The summed E-state index contributed by atoms with van der Waals surface area (Å²) < 4.78 is 10.8. The molecule has 0 spiro atoms. The Morgan fingerprint density at radius 2 is 1.86 bits per heavy atom. The maximum Gasteiger partial charge on any atom is 0.276 e. The molecule has 2 rings (SSSR count). The minimum absolute atomic E-state index is 0.504. The number of nitrogens with zero attached hydrogens (tertiary/aromatic N) is 2. The number of thioether (sulfide) groups is 1. The third-order valence-electron chi connectivity index (χ3n) is 3.74. The molecule has 0 aliphatic rings. The van der Waals surface area contributed by atoms with Crippen molar-refractivity contribution in [3.05, 3.63) is 35.7 Å². The summed E-state index contributed by atoms with van der Waals surface area (Å²) in [6, 6.07) is 7.76. The Morgan fingerprint density at radius 1 is 1.18 bits per heavy atom. The van der Waals surface area contributed by atoms with Crippen LogP contribution >= 0.6 is 11.8 Å². The van der Waals surface area contributed by atoms with Crippen LogP contribution in [0.4, 0.5) is 0 Å². The van der Waals surface area contributed by atoms with Gasteiger partial charge in [-0.1, -0.05) is 37.7 Å². The predicted molar refractivity (Wildman–Crippen MR) is 86.4 cm³/mol. The van der Waals surface area contributed by atoms with Crippen molar-refractivity contribution in [1.82, 2.24) is 10.2 Å². The summed E-state index contributed by atoms with van der Waals surface area (Å²) in [6.07, 6.45) is 2.01. The van der Waals surface area contributed by atoms with Gasteiger partial charge in [-0.3, -0.25) is 0 Å². The summed E-state index contributed by atoms with van der Waals surface area (Å²) in [4.78, 5) is 0. The highest BCUT2D eigenvalue weighted by molar-refractivity contribution is 7.99. The molecule has 2 aromatic rings. The summed E-state index contributed by atoms with van der Waals surface area (Å²) in [5.74, 6) is 1.96. The van der Waals surface area contributed by atoms with E-state index in [1.165, 1.54) is 11.8 Å². The van der Waals surface area contributed by atoms with E-state index in [2.05, 4.69) is 10.2 Å². The molecule has 0 saturated carbocycles. The van der Waals surface area contributed by atoms with Crippen molar-refractivity contribution < 1.29 is 14.3 Å². The minimum Gasteiger partial charge on any atom is -0.497 e. The lowest BCUT2D eigenvalue weighted by Crippen LogP contribution is -2.29. The number of hydrogen-bond donors (Lipinski definition) is 1. The molecule has 6 heteroatoms. The Kier molecular flexibility index (Phi) is 5.85. The molecule has 1 heterocycles. The zero-order valence-corrected chi connectivity index (χ0v) is 14.0. The number of methoxy groups -OCH3 is 1. The Labute approximate surface area is 135 Å². The summed E-state index contributed by atoms with van der Waals surface area (Å²) >= 11 is 1.40. The quantitative estimate of drug-likeness (QED) is 0.752. The van der Waals surface area contributed by atoms with E-state index in [9.17, 15) is 5.11 Å². The van der Waals surface area contributed by atoms with Crippen molar-refractivity contribution in [3.63, 3.8) is 0 Å². The van der Waals surface area contributed by atoms with Crippen molar-refractivity contribution in [3.8, 4) is 5.75 Å². The molecule has 22 heavy (non-hydrogen) atoms. The molecule has 0 radical (unpaired) electrons. The lowest BCUT2D eigenvalue weighted by Gasteiger charge is -2.23.